The van der Waals surface area contributed by atoms with Gasteiger partial charge in [-0.1, -0.05) is 179 Å². The lowest BCUT2D eigenvalue weighted by Gasteiger charge is -2.38. The van der Waals surface area contributed by atoms with Gasteiger partial charge in [0.2, 0.25) is 0 Å². The number of rotatable bonds is 40. The Hall–Kier alpha value is -2.31. The van der Waals surface area contributed by atoms with Crippen molar-refractivity contribution in [3.8, 4) is 0 Å². The number of hydrogen-bond donors (Lipinski definition) is 4. The number of aliphatic carboxylic acids is 1. The van der Waals surface area contributed by atoms with Gasteiger partial charge in [0.05, 0.1) is 6.61 Å². The molecule has 11 heteroatoms. The second-order valence-electron chi connectivity index (χ2n) is 16.6. The first kappa shape index (κ1) is 54.7. The molecule has 1 saturated heterocycles. The van der Waals surface area contributed by atoms with Crippen molar-refractivity contribution >= 4 is 17.9 Å². The van der Waals surface area contributed by atoms with Gasteiger partial charge in [-0.3, -0.25) is 9.59 Å². The molecule has 0 amide bonds. The summed E-state index contributed by atoms with van der Waals surface area (Å²) in [6.45, 7) is 3.80. The maximum absolute atomic E-state index is 12.8. The number of ether oxygens (including phenoxy) is 4. The highest BCUT2D eigenvalue weighted by Gasteiger charge is 2.47. The molecular formula is C48H86O11. The number of esters is 2. The SMILES string of the molecule is CCCCC/C=C\C/C=C\CCCCCCCCCCCC(=O)OCC(COC1OC(C(=O)O)C(O)C(O)C1O)OC(=O)CCCCCCCCCCCCCCCC. The summed E-state index contributed by atoms with van der Waals surface area (Å²) in [5, 5.41) is 39.8. The predicted octanol–water partition coefficient (Wildman–Crippen LogP) is 10.6. The van der Waals surface area contributed by atoms with Gasteiger partial charge in [-0.25, -0.2) is 4.79 Å². The maximum atomic E-state index is 12.8. The number of allylic oxidation sites excluding steroid dienone is 4. The molecule has 0 bridgehead atoms. The van der Waals surface area contributed by atoms with Gasteiger partial charge in [0, 0.05) is 12.8 Å². The Bertz CT molecular complexity index is 1080. The molecule has 0 aromatic heterocycles. The Morgan fingerprint density at radius 3 is 1.44 bits per heavy atom. The first-order chi connectivity index (χ1) is 28.7. The van der Waals surface area contributed by atoms with Crippen molar-refractivity contribution in [1.29, 1.82) is 0 Å². The van der Waals surface area contributed by atoms with E-state index >= 15 is 0 Å². The first-order valence-corrected chi connectivity index (χ1v) is 23.9. The van der Waals surface area contributed by atoms with Gasteiger partial charge >= 0.3 is 17.9 Å². The number of unbranched alkanes of at least 4 members (excludes halogenated alkanes) is 25. The Morgan fingerprint density at radius 2 is 0.949 bits per heavy atom. The van der Waals surface area contributed by atoms with Crippen molar-refractivity contribution in [2.24, 2.45) is 0 Å². The van der Waals surface area contributed by atoms with Crippen LogP contribution >= 0.6 is 0 Å². The van der Waals surface area contributed by atoms with Crippen LogP contribution in [-0.2, 0) is 33.3 Å². The molecule has 344 valence electrons. The zero-order valence-electron chi connectivity index (χ0n) is 37.3. The van der Waals surface area contributed by atoms with Crippen LogP contribution in [0, 0.1) is 0 Å². The quantitative estimate of drug-likeness (QED) is 0.0263. The molecule has 1 heterocycles. The average molecular weight is 839 g/mol. The van der Waals surface area contributed by atoms with E-state index in [9.17, 15) is 34.8 Å². The summed E-state index contributed by atoms with van der Waals surface area (Å²) < 4.78 is 21.8. The number of carbonyl (C=O) groups is 3. The van der Waals surface area contributed by atoms with E-state index in [0.29, 0.717) is 12.8 Å². The summed E-state index contributed by atoms with van der Waals surface area (Å²) in [4.78, 5) is 36.9. The normalized spacial score (nSPS) is 20.1. The van der Waals surface area contributed by atoms with Crippen LogP contribution in [-0.4, -0.2) is 88.4 Å². The van der Waals surface area contributed by atoms with E-state index in [2.05, 4.69) is 38.2 Å². The largest absolute Gasteiger partial charge is 0.479 e. The minimum absolute atomic E-state index is 0.186. The van der Waals surface area contributed by atoms with Crippen LogP contribution < -0.4 is 0 Å². The van der Waals surface area contributed by atoms with E-state index < -0.39 is 54.7 Å². The summed E-state index contributed by atoms with van der Waals surface area (Å²) in [5.41, 5.74) is 0. The molecule has 59 heavy (non-hydrogen) atoms. The third kappa shape index (κ3) is 30.4. The van der Waals surface area contributed by atoms with Gasteiger partial charge in [0.15, 0.2) is 18.5 Å². The predicted molar refractivity (Wildman–Crippen MR) is 234 cm³/mol. The van der Waals surface area contributed by atoms with Crippen LogP contribution in [0.25, 0.3) is 0 Å². The van der Waals surface area contributed by atoms with Crippen LogP contribution in [0.2, 0.25) is 0 Å². The molecule has 0 aliphatic carbocycles. The van der Waals surface area contributed by atoms with Crippen molar-refractivity contribution in [3.63, 3.8) is 0 Å². The van der Waals surface area contributed by atoms with Gasteiger partial charge in [-0.15, -0.1) is 0 Å². The molecule has 1 rings (SSSR count). The standard InChI is InChI=1S/C48H86O11/c1-3-5-7-9-11-13-15-17-19-20-21-22-23-25-26-28-30-32-34-36-41(49)56-38-40(39-57-48-45(53)43(51)44(52)46(59-48)47(54)55)58-42(50)37-35-33-31-29-27-24-18-16-14-12-10-8-6-4-2/h11,13,17,19,40,43-46,48,51-53H,3-10,12,14-16,18,20-39H2,1-2H3,(H,54,55)/b13-11-,19-17-. The summed E-state index contributed by atoms with van der Waals surface area (Å²) in [7, 11) is 0. The molecule has 6 atom stereocenters. The van der Waals surface area contributed by atoms with Crippen LogP contribution in [0.3, 0.4) is 0 Å². The van der Waals surface area contributed by atoms with Gasteiger partial charge in [0.25, 0.3) is 0 Å². The van der Waals surface area contributed by atoms with Gasteiger partial charge in [0.1, 0.15) is 24.9 Å². The Morgan fingerprint density at radius 1 is 0.525 bits per heavy atom. The lowest BCUT2D eigenvalue weighted by molar-refractivity contribution is -0.298. The molecule has 1 aliphatic heterocycles. The summed E-state index contributed by atoms with van der Waals surface area (Å²) in [5.74, 6) is -2.44. The number of carboxylic acid groups (broad SMARTS) is 1. The van der Waals surface area contributed by atoms with Crippen molar-refractivity contribution in [2.45, 2.75) is 250 Å². The molecule has 0 saturated carbocycles. The molecule has 1 fully saturated rings. The fourth-order valence-corrected chi connectivity index (χ4v) is 7.26. The van der Waals surface area contributed by atoms with E-state index in [1.807, 2.05) is 0 Å². The highest BCUT2D eigenvalue weighted by Crippen LogP contribution is 2.23. The molecule has 0 aromatic rings. The van der Waals surface area contributed by atoms with E-state index in [1.165, 1.54) is 122 Å². The average Bonchev–Trinajstić information content (AvgIpc) is 3.22. The maximum Gasteiger partial charge on any atom is 0.335 e. The minimum atomic E-state index is -1.86. The number of hydrogen-bond acceptors (Lipinski definition) is 10. The van der Waals surface area contributed by atoms with Gasteiger partial charge in [-0.05, 0) is 44.9 Å². The van der Waals surface area contributed by atoms with Gasteiger partial charge in [-0.2, -0.15) is 0 Å². The fourth-order valence-electron chi connectivity index (χ4n) is 7.26. The molecule has 4 N–H and O–H groups in total. The van der Waals surface area contributed by atoms with Crippen LogP contribution in [0.1, 0.15) is 213 Å². The Labute approximate surface area is 358 Å². The number of aliphatic hydroxyl groups is 3. The lowest BCUT2D eigenvalue weighted by Crippen LogP contribution is -2.60. The van der Waals surface area contributed by atoms with Gasteiger partial charge < -0.3 is 39.4 Å². The zero-order chi connectivity index (χ0) is 43.2. The summed E-state index contributed by atoms with van der Waals surface area (Å²) in [6, 6.07) is 0. The summed E-state index contributed by atoms with van der Waals surface area (Å²) >= 11 is 0. The summed E-state index contributed by atoms with van der Waals surface area (Å²) in [6.07, 6.45) is 33.7. The van der Waals surface area contributed by atoms with E-state index in [4.69, 9.17) is 18.9 Å². The van der Waals surface area contributed by atoms with Crippen molar-refractivity contribution in [1.82, 2.24) is 0 Å². The smallest absolute Gasteiger partial charge is 0.335 e. The van der Waals surface area contributed by atoms with Crippen LogP contribution in [0.5, 0.6) is 0 Å². The van der Waals surface area contributed by atoms with E-state index in [1.54, 1.807) is 0 Å². The molecule has 0 spiro atoms. The van der Waals surface area contributed by atoms with E-state index in [-0.39, 0.29) is 26.1 Å². The molecule has 0 radical (unpaired) electrons. The number of carbonyl (C=O) groups excluding carboxylic acids is 2. The minimum Gasteiger partial charge on any atom is -0.479 e. The molecule has 1 aliphatic rings. The highest BCUT2D eigenvalue weighted by molar-refractivity contribution is 5.73. The third-order valence-electron chi connectivity index (χ3n) is 11.1. The van der Waals surface area contributed by atoms with Crippen molar-refractivity contribution in [2.75, 3.05) is 13.2 Å². The highest BCUT2D eigenvalue weighted by atomic mass is 16.7. The topological polar surface area (TPSA) is 169 Å². The first-order valence-electron chi connectivity index (χ1n) is 23.9. The monoisotopic (exact) mass is 839 g/mol. The zero-order valence-corrected chi connectivity index (χ0v) is 37.3. The molecule has 0 aromatic carbocycles. The van der Waals surface area contributed by atoms with Crippen molar-refractivity contribution in [3.05, 3.63) is 24.3 Å². The molecular weight excluding hydrogens is 753 g/mol. The van der Waals surface area contributed by atoms with Crippen molar-refractivity contribution < 1.29 is 53.8 Å². The Kier molecular flexibility index (Phi) is 35.8. The van der Waals surface area contributed by atoms with Crippen LogP contribution in [0.4, 0.5) is 0 Å². The second kappa shape index (κ2) is 38.6. The third-order valence-corrected chi connectivity index (χ3v) is 11.1. The Balaban J connectivity index is 2.32. The number of carboxylic acids is 1. The van der Waals surface area contributed by atoms with Crippen LogP contribution in [0.15, 0.2) is 24.3 Å². The van der Waals surface area contributed by atoms with E-state index in [0.717, 1.165) is 51.4 Å². The fraction of sp³-hybridized carbons (Fsp3) is 0.854. The molecule has 6 unspecified atom stereocenters. The number of aliphatic hydroxyl groups excluding tert-OH is 3. The lowest BCUT2D eigenvalue weighted by atomic mass is 9.99. The molecule has 11 nitrogen and oxygen atoms in total. The second-order valence-corrected chi connectivity index (χ2v) is 16.6.